The number of aliphatic carboxylic acids is 1. The van der Waals surface area contributed by atoms with Gasteiger partial charge in [0.05, 0.1) is 44.1 Å². The van der Waals surface area contributed by atoms with Gasteiger partial charge < -0.3 is 105 Å². The zero-order valence-electron chi connectivity index (χ0n) is 50.2. The molecule has 12 atom stereocenters. The Labute approximate surface area is 515 Å². The molecule has 0 radical (unpaired) electrons. The number of carbonyl (C=O) groups excluding carboxylic acids is 12. The van der Waals surface area contributed by atoms with Crippen molar-refractivity contribution in [1.29, 1.82) is 0 Å². The van der Waals surface area contributed by atoms with Crippen molar-refractivity contribution in [2.45, 2.75) is 203 Å². The van der Waals surface area contributed by atoms with E-state index >= 15 is 0 Å². The maximum Gasteiger partial charge on any atom is 0.331 e. The molecule has 0 aromatic heterocycles. The summed E-state index contributed by atoms with van der Waals surface area (Å²) in [6.07, 6.45) is -0.390. The number of allylic oxidation sites excluding steroid dienone is 1. The molecule has 1 aliphatic rings. The van der Waals surface area contributed by atoms with E-state index in [-0.39, 0.29) is 51.7 Å². The number of cyclic esters (lactones) is 1. The summed E-state index contributed by atoms with van der Waals surface area (Å²) in [5.74, 6) is -18.3. The van der Waals surface area contributed by atoms with E-state index in [1.54, 1.807) is 0 Å². The lowest BCUT2D eigenvalue weighted by molar-refractivity contribution is -0.154. The van der Waals surface area contributed by atoms with Crippen molar-refractivity contribution in [1.82, 2.24) is 53.2 Å². The quantitative estimate of drug-likeness (QED) is 0.0138. The van der Waals surface area contributed by atoms with Gasteiger partial charge in [0.15, 0.2) is 12.1 Å². The number of halogens is 1. The number of nitrogens with one attached hydrogen (secondary N) is 10. The van der Waals surface area contributed by atoms with Gasteiger partial charge >= 0.3 is 17.9 Å². The van der Waals surface area contributed by atoms with Crippen LogP contribution in [0.2, 0.25) is 0 Å². The van der Waals surface area contributed by atoms with Crippen molar-refractivity contribution in [3.63, 3.8) is 0 Å². The van der Waals surface area contributed by atoms with Gasteiger partial charge in [-0.1, -0.05) is 70.8 Å². The van der Waals surface area contributed by atoms with E-state index < -0.39 is 194 Å². The number of ether oxygens (including phenoxy) is 2. The van der Waals surface area contributed by atoms with Crippen LogP contribution in [-0.2, 0) is 71.8 Å². The van der Waals surface area contributed by atoms with Gasteiger partial charge in [0, 0.05) is 0 Å². The molecule has 0 aromatic carbocycles. The first-order chi connectivity index (χ1) is 41.7. The molecule has 1 fully saturated rings. The van der Waals surface area contributed by atoms with Gasteiger partial charge in [-0.25, -0.2) is 4.79 Å². The standard InChI is InChI=1S/C54H92ClN13O20/c1-5-7-8-9-10-11-12-13-14-17-30(70)24-38(72)60-36-28-88-54(86)42(37(71)26-55)67-52(84)43(44(76)53(85)59-27-40(75)87-4)68-45(77)31(6-2)61-51(83)41(29(3)69)66-48(80)34(20-23-58)63-46(78)32(18-15-16-21-56)62-49(81)35(25-39(73)74)65-47(79)33(19-22-57)64-50(36)82/h6,29-30,32-37,41-44,69-71,76H,5,7-28,56-58H2,1-4H3,(H,59,85)(H,60,72)(H,61,83)(H,62,81)(H,63,78)(H,64,82)(H,65,79)(H,66,80)(H,67,84)(H,68,77)(H,73,74)/b31-6+/t29-,30+,32-,33+,34-,35-,36-,37+,41-,42-,43-,44-/m0/s1. The predicted molar refractivity (Wildman–Crippen MR) is 313 cm³/mol. The molecule has 1 saturated heterocycles. The molecule has 1 aliphatic heterocycles. The van der Waals surface area contributed by atoms with Gasteiger partial charge in [-0.15, -0.1) is 11.6 Å². The summed E-state index contributed by atoms with van der Waals surface area (Å²) >= 11 is 5.92. The molecule has 88 heavy (non-hydrogen) atoms. The Kier molecular flexibility index (Phi) is 39.0. The second-order valence-corrected chi connectivity index (χ2v) is 21.1. The smallest absolute Gasteiger partial charge is 0.331 e. The fourth-order valence-electron chi connectivity index (χ4n) is 8.57. The average molecular weight is 1280 g/mol. The summed E-state index contributed by atoms with van der Waals surface area (Å²) < 4.78 is 9.81. The van der Waals surface area contributed by atoms with Crippen LogP contribution < -0.4 is 70.4 Å². The highest BCUT2D eigenvalue weighted by Gasteiger charge is 2.41. The first-order valence-corrected chi connectivity index (χ1v) is 29.8. The normalized spacial score (nSPS) is 23.7. The Hall–Kier alpha value is -7.14. The molecule has 0 unspecified atom stereocenters. The molecule has 33 nitrogen and oxygen atoms in total. The summed E-state index contributed by atoms with van der Waals surface area (Å²) in [5, 5.41) is 75.6. The van der Waals surface area contributed by atoms with E-state index in [0.29, 0.717) is 6.42 Å². The second kappa shape index (κ2) is 43.5. The molecule has 0 saturated carbocycles. The Morgan fingerprint density at radius 1 is 0.659 bits per heavy atom. The molecular formula is C54H92ClN13O20. The molecule has 0 aliphatic carbocycles. The second-order valence-electron chi connectivity index (χ2n) is 20.8. The number of aliphatic hydroxyl groups is 4. The monoisotopic (exact) mass is 1280 g/mol. The van der Waals surface area contributed by atoms with Crippen molar-refractivity contribution in [2.75, 3.05) is 45.8 Å². The van der Waals surface area contributed by atoms with Gasteiger partial charge in [-0.2, -0.15) is 0 Å². The lowest BCUT2D eigenvalue weighted by Gasteiger charge is -2.29. The molecule has 0 spiro atoms. The molecule has 1 rings (SSSR count). The van der Waals surface area contributed by atoms with E-state index in [0.717, 1.165) is 71.5 Å². The topological polar surface area (TPSA) is 540 Å². The lowest BCUT2D eigenvalue weighted by atomic mass is 10.0. The number of amides is 10. The zero-order valence-corrected chi connectivity index (χ0v) is 51.0. The van der Waals surface area contributed by atoms with Crippen LogP contribution in [0.25, 0.3) is 0 Å². The maximum absolute atomic E-state index is 14.3. The largest absolute Gasteiger partial charge is 0.481 e. The number of carbonyl (C=O) groups is 13. The average Bonchev–Trinajstić information content (AvgIpc) is 3.66. The van der Waals surface area contributed by atoms with Crippen LogP contribution in [0.15, 0.2) is 11.8 Å². The molecular weight excluding hydrogens is 1190 g/mol. The highest BCUT2D eigenvalue weighted by Crippen LogP contribution is 2.14. The first-order valence-electron chi connectivity index (χ1n) is 29.2. The van der Waals surface area contributed by atoms with E-state index in [4.69, 9.17) is 33.5 Å². The number of alkyl halides is 1. The number of esters is 2. The third kappa shape index (κ3) is 29.7. The number of aliphatic hydroxyl groups excluding tert-OH is 4. The van der Waals surface area contributed by atoms with E-state index in [9.17, 15) is 87.9 Å². The van der Waals surface area contributed by atoms with Gasteiger partial charge in [0.1, 0.15) is 61.1 Å². The number of nitrogens with two attached hydrogens (primary N) is 3. The lowest BCUT2D eigenvalue weighted by Crippen LogP contribution is -2.63. The molecule has 21 N–H and O–H groups in total. The molecule has 1 heterocycles. The van der Waals surface area contributed by atoms with Crippen LogP contribution in [0.4, 0.5) is 0 Å². The Morgan fingerprint density at radius 2 is 1.18 bits per heavy atom. The van der Waals surface area contributed by atoms with Crippen LogP contribution in [0.1, 0.15) is 130 Å². The fourth-order valence-corrected chi connectivity index (χ4v) is 8.75. The fraction of sp³-hybridized carbons (Fsp3) is 0.722. The van der Waals surface area contributed by atoms with Gasteiger partial charge in [-0.05, 0) is 72.0 Å². The number of unbranched alkanes of at least 4 members (excludes halogenated alkanes) is 9. The van der Waals surface area contributed by atoms with Crippen molar-refractivity contribution in [2.24, 2.45) is 17.2 Å². The van der Waals surface area contributed by atoms with Crippen molar-refractivity contribution in [3.05, 3.63) is 11.8 Å². The Balaban J connectivity index is 4.12. The number of carboxylic acids is 1. The Morgan fingerprint density at radius 3 is 1.70 bits per heavy atom. The maximum atomic E-state index is 14.3. The van der Waals surface area contributed by atoms with Crippen LogP contribution in [0.5, 0.6) is 0 Å². The summed E-state index contributed by atoms with van der Waals surface area (Å²) in [4.78, 5) is 177. The van der Waals surface area contributed by atoms with Crippen molar-refractivity contribution in [3.8, 4) is 0 Å². The van der Waals surface area contributed by atoms with Gasteiger partial charge in [-0.3, -0.25) is 57.5 Å². The molecule has 10 amide bonds. The SMILES string of the molecule is C/C=C1/NC(=O)[C@H]([C@H](C)O)NC(=O)[C@H](CCN)NC(=O)[C@H](CCCCN)NC(=O)[C@H](CC(=O)O)NC(=O)[C@@H](CCN)NC(=O)[C@@H](NC(=O)C[C@H](O)CCCCCCCCCCC)COC(=O)[C@H]([C@H](O)CCl)NC(=O)[C@H]([C@H](O)C(=O)NCC(=O)OC)NC1=O. The third-order valence-corrected chi connectivity index (χ3v) is 13.9. The van der Waals surface area contributed by atoms with Gasteiger partial charge in [0.25, 0.3) is 11.8 Å². The minimum absolute atomic E-state index is 0.116. The van der Waals surface area contributed by atoms with E-state index in [1.165, 1.54) is 6.92 Å². The predicted octanol–water partition coefficient (Wildman–Crippen LogP) is -5.95. The highest BCUT2D eigenvalue weighted by molar-refractivity contribution is 6.18. The molecule has 500 valence electrons. The van der Waals surface area contributed by atoms with E-state index in [1.807, 2.05) is 16.0 Å². The number of methoxy groups -OCH3 is 1. The summed E-state index contributed by atoms with van der Waals surface area (Å²) in [6, 6.07) is -15.9. The highest BCUT2D eigenvalue weighted by atomic mass is 35.5. The minimum atomic E-state index is -2.70. The third-order valence-electron chi connectivity index (χ3n) is 13.6. The van der Waals surface area contributed by atoms with Crippen LogP contribution in [-0.4, -0.2) is 221 Å². The van der Waals surface area contributed by atoms with Crippen molar-refractivity contribution >= 4 is 88.6 Å². The minimum Gasteiger partial charge on any atom is -0.481 e. The van der Waals surface area contributed by atoms with E-state index in [2.05, 4.69) is 48.9 Å². The number of hydrogen-bond acceptors (Lipinski definition) is 22. The summed E-state index contributed by atoms with van der Waals surface area (Å²) in [5.41, 5.74) is 16.5. The molecule has 0 aromatic rings. The molecule has 34 heteroatoms. The number of carboxylic acid groups (broad SMARTS) is 1. The number of rotatable bonds is 30. The van der Waals surface area contributed by atoms with Crippen LogP contribution in [0.3, 0.4) is 0 Å². The first kappa shape index (κ1) is 78.9. The number of hydrogen-bond donors (Lipinski definition) is 18. The Bertz CT molecular complexity index is 2350. The molecule has 0 bridgehead atoms. The van der Waals surface area contributed by atoms with Crippen molar-refractivity contribution < 1.29 is 97.3 Å². The van der Waals surface area contributed by atoms with Crippen LogP contribution in [0, 0.1) is 0 Å². The van der Waals surface area contributed by atoms with Gasteiger partial charge in [0.2, 0.25) is 47.3 Å². The zero-order chi connectivity index (χ0) is 66.5. The summed E-state index contributed by atoms with van der Waals surface area (Å²) in [7, 11) is 0.953. The summed E-state index contributed by atoms with van der Waals surface area (Å²) in [6.45, 7) is 1.68. The van der Waals surface area contributed by atoms with Crippen LogP contribution >= 0.6 is 11.6 Å².